The van der Waals surface area contributed by atoms with E-state index in [4.69, 9.17) is 23.2 Å². The highest BCUT2D eigenvalue weighted by Crippen LogP contribution is 2.31. The van der Waals surface area contributed by atoms with Crippen LogP contribution in [0.2, 0.25) is 8.67 Å². The quantitative estimate of drug-likeness (QED) is 0.883. The Hall–Kier alpha value is -1.07. The molecule has 0 saturated heterocycles. The lowest BCUT2D eigenvalue weighted by atomic mass is 10.1. The molecule has 0 radical (unpaired) electrons. The van der Waals surface area contributed by atoms with Crippen molar-refractivity contribution in [3.05, 3.63) is 56.2 Å². The number of aliphatic hydroxyl groups is 1. The Bertz CT molecular complexity index is 586. The fraction of sp³-hybridized carbons (Fsp3) is 0.214. The molecule has 1 atom stereocenters. The van der Waals surface area contributed by atoms with Crippen LogP contribution in [-0.2, 0) is 6.42 Å². The Kier molecular flexibility index (Phi) is 5.43. The number of hydrogen-bond donors (Lipinski definition) is 2. The first kappa shape index (κ1) is 15.3. The number of halogens is 2. The van der Waals surface area contributed by atoms with E-state index >= 15 is 0 Å². The fourth-order valence-corrected chi connectivity index (χ4v) is 3.28. The molecule has 0 aliphatic heterocycles. The van der Waals surface area contributed by atoms with Crippen molar-refractivity contribution in [2.24, 2.45) is 0 Å². The van der Waals surface area contributed by atoms with Crippen LogP contribution in [0.4, 0.5) is 0 Å². The van der Waals surface area contributed by atoms with Crippen LogP contribution in [0.1, 0.15) is 15.9 Å². The summed E-state index contributed by atoms with van der Waals surface area (Å²) in [6, 6.07) is 10.8. The molecule has 0 saturated carbocycles. The lowest BCUT2D eigenvalue weighted by molar-refractivity contribution is 0.0917. The molecule has 1 heterocycles. The van der Waals surface area contributed by atoms with Gasteiger partial charge in [-0.2, -0.15) is 0 Å². The second-order valence-electron chi connectivity index (χ2n) is 4.28. The zero-order chi connectivity index (χ0) is 14.5. The third-order valence-electron chi connectivity index (χ3n) is 2.78. The molecule has 6 heteroatoms. The number of aliphatic hydroxyl groups excluding tert-OH is 1. The highest BCUT2D eigenvalue weighted by atomic mass is 35.5. The third-order valence-corrected chi connectivity index (χ3v) is 4.27. The molecule has 0 unspecified atom stereocenters. The first-order valence-electron chi connectivity index (χ1n) is 6.00. The number of amides is 1. The Balaban J connectivity index is 2.03. The molecule has 1 aromatic carbocycles. The third kappa shape index (κ3) is 3.96. The Morgan fingerprint density at radius 3 is 2.55 bits per heavy atom. The van der Waals surface area contributed by atoms with Crippen LogP contribution in [0.15, 0.2) is 36.4 Å². The number of hydrogen-bond acceptors (Lipinski definition) is 3. The van der Waals surface area contributed by atoms with Crippen LogP contribution in [-0.4, -0.2) is 23.7 Å². The predicted molar refractivity (Wildman–Crippen MR) is 82.8 cm³/mol. The Morgan fingerprint density at radius 1 is 1.30 bits per heavy atom. The summed E-state index contributed by atoms with van der Waals surface area (Å²) in [7, 11) is 0. The first-order valence-corrected chi connectivity index (χ1v) is 7.58. The molecule has 0 fully saturated rings. The molecule has 0 bridgehead atoms. The molecule has 2 aromatic rings. The number of rotatable bonds is 5. The van der Waals surface area contributed by atoms with Gasteiger partial charge in [-0.3, -0.25) is 4.79 Å². The number of benzene rings is 1. The van der Waals surface area contributed by atoms with Gasteiger partial charge in [-0.15, -0.1) is 11.3 Å². The summed E-state index contributed by atoms with van der Waals surface area (Å²) in [5.74, 6) is -0.326. The van der Waals surface area contributed by atoms with Crippen LogP contribution < -0.4 is 5.32 Å². The summed E-state index contributed by atoms with van der Waals surface area (Å²) in [6.07, 6.45) is 0.554. The normalized spacial score (nSPS) is 12.2. The maximum Gasteiger partial charge on any atom is 0.254 e. The summed E-state index contributed by atoms with van der Waals surface area (Å²) >= 11 is 12.9. The smallest absolute Gasteiger partial charge is 0.254 e. The van der Waals surface area contributed by atoms with Gasteiger partial charge in [0.2, 0.25) is 0 Å². The SMILES string of the molecule is O=C(N[C@H](CO)Cc1ccccc1)c1cc(Cl)sc1Cl. The van der Waals surface area contributed by atoms with Crippen molar-refractivity contribution in [1.29, 1.82) is 0 Å². The van der Waals surface area contributed by atoms with Gasteiger partial charge < -0.3 is 10.4 Å². The van der Waals surface area contributed by atoms with Gasteiger partial charge in [0.1, 0.15) is 4.34 Å². The molecule has 1 amide bonds. The summed E-state index contributed by atoms with van der Waals surface area (Å²) < 4.78 is 0.813. The van der Waals surface area contributed by atoms with Crippen molar-refractivity contribution in [3.8, 4) is 0 Å². The summed E-state index contributed by atoms with van der Waals surface area (Å²) in [5.41, 5.74) is 1.38. The largest absolute Gasteiger partial charge is 0.394 e. The zero-order valence-corrected chi connectivity index (χ0v) is 12.8. The molecular formula is C14H13Cl2NO2S. The van der Waals surface area contributed by atoms with Gasteiger partial charge in [-0.25, -0.2) is 0 Å². The zero-order valence-electron chi connectivity index (χ0n) is 10.5. The van der Waals surface area contributed by atoms with E-state index < -0.39 is 0 Å². The van der Waals surface area contributed by atoms with E-state index in [9.17, 15) is 9.90 Å². The number of thiophene rings is 1. The van der Waals surface area contributed by atoms with E-state index in [1.165, 1.54) is 6.07 Å². The van der Waals surface area contributed by atoms with Crippen LogP contribution >= 0.6 is 34.5 Å². The van der Waals surface area contributed by atoms with E-state index in [2.05, 4.69) is 5.32 Å². The molecule has 0 aliphatic rings. The second-order valence-corrected chi connectivity index (χ2v) is 6.57. The van der Waals surface area contributed by atoms with Crippen molar-refractivity contribution >= 4 is 40.4 Å². The molecule has 2 rings (SSSR count). The van der Waals surface area contributed by atoms with Crippen molar-refractivity contribution < 1.29 is 9.90 Å². The van der Waals surface area contributed by atoms with Gasteiger partial charge in [-0.1, -0.05) is 53.5 Å². The van der Waals surface area contributed by atoms with Crippen molar-refractivity contribution in [3.63, 3.8) is 0 Å². The molecule has 2 N–H and O–H groups in total. The van der Waals surface area contributed by atoms with Gasteiger partial charge in [0.15, 0.2) is 0 Å². The molecule has 106 valence electrons. The number of carbonyl (C=O) groups excluding carboxylic acids is 1. The summed E-state index contributed by atoms with van der Waals surface area (Å²) in [5, 5.41) is 12.1. The Morgan fingerprint density at radius 2 is 2.00 bits per heavy atom. The molecule has 0 spiro atoms. The maximum atomic E-state index is 12.1. The minimum Gasteiger partial charge on any atom is -0.394 e. The number of nitrogens with one attached hydrogen (secondary N) is 1. The van der Waals surface area contributed by atoms with Crippen LogP contribution in [0, 0.1) is 0 Å². The molecule has 20 heavy (non-hydrogen) atoms. The van der Waals surface area contributed by atoms with Gasteiger partial charge in [0.05, 0.1) is 22.5 Å². The fourth-order valence-electron chi connectivity index (χ4n) is 1.82. The van der Waals surface area contributed by atoms with E-state index in [1.54, 1.807) is 0 Å². The predicted octanol–water partition coefficient (Wildman–Crippen LogP) is 3.39. The minimum absolute atomic E-state index is 0.143. The van der Waals surface area contributed by atoms with Crippen LogP contribution in [0.25, 0.3) is 0 Å². The van der Waals surface area contributed by atoms with E-state index in [1.807, 2.05) is 30.3 Å². The minimum atomic E-state index is -0.361. The molecule has 0 aliphatic carbocycles. The molecule has 1 aromatic heterocycles. The Labute approximate surface area is 131 Å². The summed E-state index contributed by atoms with van der Waals surface area (Å²) in [6.45, 7) is -0.143. The van der Waals surface area contributed by atoms with Gasteiger partial charge >= 0.3 is 0 Å². The lowest BCUT2D eigenvalue weighted by Crippen LogP contribution is -2.39. The van der Waals surface area contributed by atoms with Crippen LogP contribution in [0.3, 0.4) is 0 Å². The molecular weight excluding hydrogens is 317 g/mol. The summed E-state index contributed by atoms with van der Waals surface area (Å²) in [4.78, 5) is 12.1. The van der Waals surface area contributed by atoms with Gasteiger partial charge in [-0.05, 0) is 18.1 Å². The number of carbonyl (C=O) groups is 1. The van der Waals surface area contributed by atoms with E-state index in [-0.39, 0.29) is 18.6 Å². The highest BCUT2D eigenvalue weighted by molar-refractivity contribution is 7.20. The van der Waals surface area contributed by atoms with Crippen molar-refractivity contribution in [2.45, 2.75) is 12.5 Å². The second kappa shape index (κ2) is 7.09. The van der Waals surface area contributed by atoms with E-state index in [0.29, 0.717) is 20.7 Å². The van der Waals surface area contributed by atoms with Crippen molar-refractivity contribution in [2.75, 3.05) is 6.61 Å². The standard InChI is InChI=1S/C14H13Cl2NO2S/c15-12-7-11(13(16)20-12)14(19)17-10(8-18)6-9-4-2-1-3-5-9/h1-5,7,10,18H,6,8H2,(H,17,19)/t10-/m0/s1. The average Bonchev–Trinajstić information content (AvgIpc) is 2.78. The van der Waals surface area contributed by atoms with E-state index in [0.717, 1.165) is 16.9 Å². The monoisotopic (exact) mass is 329 g/mol. The van der Waals surface area contributed by atoms with Crippen molar-refractivity contribution in [1.82, 2.24) is 5.32 Å². The van der Waals surface area contributed by atoms with Gasteiger partial charge in [0.25, 0.3) is 5.91 Å². The van der Waals surface area contributed by atoms with Gasteiger partial charge in [0, 0.05) is 0 Å². The first-order chi connectivity index (χ1) is 9.60. The molecule has 3 nitrogen and oxygen atoms in total. The lowest BCUT2D eigenvalue weighted by Gasteiger charge is -2.16. The topological polar surface area (TPSA) is 49.3 Å². The highest BCUT2D eigenvalue weighted by Gasteiger charge is 2.18. The average molecular weight is 330 g/mol. The maximum absolute atomic E-state index is 12.1. The van der Waals surface area contributed by atoms with Crippen LogP contribution in [0.5, 0.6) is 0 Å².